The van der Waals surface area contributed by atoms with Gasteiger partial charge < -0.3 is 0 Å². The highest BCUT2D eigenvalue weighted by Crippen LogP contribution is 2.17. The third-order valence-corrected chi connectivity index (χ3v) is 3.34. The van der Waals surface area contributed by atoms with Gasteiger partial charge in [0, 0.05) is 16.8 Å². The summed E-state index contributed by atoms with van der Waals surface area (Å²) in [5, 5.41) is 4.08. The van der Waals surface area contributed by atoms with Gasteiger partial charge in [0.1, 0.15) is 0 Å². The lowest BCUT2D eigenvalue weighted by atomic mass is 10.2. The summed E-state index contributed by atoms with van der Waals surface area (Å²) in [6.07, 6.45) is 1.89. The fourth-order valence-corrected chi connectivity index (χ4v) is 2.54. The molecule has 0 unspecified atom stereocenters. The molecule has 1 aromatic heterocycles. The minimum absolute atomic E-state index is 0.791. The summed E-state index contributed by atoms with van der Waals surface area (Å²) in [5.41, 5.74) is 2.40. The zero-order chi connectivity index (χ0) is 10.7. The maximum atomic E-state index is 5.93. The highest BCUT2D eigenvalue weighted by atomic mass is 35.5. The van der Waals surface area contributed by atoms with Crippen LogP contribution in [0.4, 0.5) is 0 Å². The predicted molar refractivity (Wildman–Crippen MR) is 65.8 cm³/mol. The van der Waals surface area contributed by atoms with Crippen molar-refractivity contribution in [2.75, 3.05) is 0 Å². The molecule has 0 amide bonds. The highest BCUT2D eigenvalue weighted by molar-refractivity contribution is 7.09. The van der Waals surface area contributed by atoms with Gasteiger partial charge in [0.05, 0.1) is 10.7 Å². The standard InChI is InChI=1S/C12H12ClNS/c1-2-11-8-15-12(14-11)7-9-4-3-5-10(13)6-9/h3-6,8H,2,7H2,1H3. The van der Waals surface area contributed by atoms with Crippen LogP contribution >= 0.6 is 22.9 Å². The van der Waals surface area contributed by atoms with Crippen LogP contribution < -0.4 is 0 Å². The van der Waals surface area contributed by atoms with Crippen molar-refractivity contribution in [3.63, 3.8) is 0 Å². The average molecular weight is 238 g/mol. The van der Waals surface area contributed by atoms with Gasteiger partial charge >= 0.3 is 0 Å². The molecule has 0 atom stereocenters. The minimum atomic E-state index is 0.791. The molecule has 15 heavy (non-hydrogen) atoms. The normalized spacial score (nSPS) is 10.5. The summed E-state index contributed by atoms with van der Waals surface area (Å²) in [4.78, 5) is 4.53. The van der Waals surface area contributed by atoms with E-state index in [-0.39, 0.29) is 0 Å². The second kappa shape index (κ2) is 4.77. The van der Waals surface area contributed by atoms with E-state index in [1.54, 1.807) is 11.3 Å². The van der Waals surface area contributed by atoms with E-state index < -0.39 is 0 Å². The fraction of sp³-hybridized carbons (Fsp3) is 0.250. The van der Waals surface area contributed by atoms with Gasteiger partial charge in [-0.15, -0.1) is 11.3 Å². The first-order valence-electron chi connectivity index (χ1n) is 4.95. The molecule has 0 spiro atoms. The van der Waals surface area contributed by atoms with Crippen LogP contribution in [0.2, 0.25) is 5.02 Å². The topological polar surface area (TPSA) is 12.9 Å². The zero-order valence-corrected chi connectivity index (χ0v) is 10.1. The van der Waals surface area contributed by atoms with E-state index in [4.69, 9.17) is 11.6 Å². The molecule has 2 aromatic rings. The number of rotatable bonds is 3. The largest absolute Gasteiger partial charge is 0.246 e. The summed E-state index contributed by atoms with van der Waals surface area (Å²) < 4.78 is 0. The minimum Gasteiger partial charge on any atom is -0.246 e. The van der Waals surface area contributed by atoms with E-state index >= 15 is 0 Å². The van der Waals surface area contributed by atoms with Crippen LogP contribution in [0.5, 0.6) is 0 Å². The summed E-state index contributed by atoms with van der Waals surface area (Å²) in [5.74, 6) is 0. The molecular formula is C12H12ClNS. The number of thiazole rings is 1. The first-order valence-corrected chi connectivity index (χ1v) is 6.21. The molecule has 1 aromatic carbocycles. The number of nitrogens with zero attached hydrogens (tertiary/aromatic N) is 1. The number of aromatic nitrogens is 1. The second-order valence-electron chi connectivity index (χ2n) is 3.39. The Morgan fingerprint density at radius 1 is 1.40 bits per heavy atom. The van der Waals surface area contributed by atoms with E-state index in [0.29, 0.717) is 0 Å². The lowest BCUT2D eigenvalue weighted by Crippen LogP contribution is -1.88. The molecule has 1 nitrogen and oxygen atoms in total. The van der Waals surface area contributed by atoms with Gasteiger partial charge in [-0.3, -0.25) is 0 Å². The zero-order valence-electron chi connectivity index (χ0n) is 8.53. The molecule has 0 saturated heterocycles. The van der Waals surface area contributed by atoms with Gasteiger partial charge in [-0.1, -0.05) is 30.7 Å². The van der Waals surface area contributed by atoms with Crippen molar-refractivity contribution in [1.82, 2.24) is 4.98 Å². The molecule has 0 aliphatic carbocycles. The monoisotopic (exact) mass is 237 g/mol. The smallest absolute Gasteiger partial charge is 0.0972 e. The summed E-state index contributed by atoms with van der Waals surface area (Å²) in [7, 11) is 0. The highest BCUT2D eigenvalue weighted by Gasteiger charge is 2.02. The van der Waals surface area contributed by atoms with Crippen LogP contribution in [0.1, 0.15) is 23.2 Å². The van der Waals surface area contributed by atoms with E-state index in [9.17, 15) is 0 Å². The van der Waals surface area contributed by atoms with Crippen molar-refractivity contribution in [3.05, 3.63) is 50.9 Å². The Hall–Kier alpha value is -0.860. The van der Waals surface area contributed by atoms with Gasteiger partial charge in [0.15, 0.2) is 0 Å². The molecular weight excluding hydrogens is 226 g/mol. The summed E-state index contributed by atoms with van der Waals surface area (Å²) in [6.45, 7) is 2.12. The number of benzene rings is 1. The molecule has 0 aliphatic rings. The molecule has 0 fully saturated rings. The Morgan fingerprint density at radius 3 is 2.93 bits per heavy atom. The first kappa shape index (κ1) is 10.7. The Labute approximate surface area is 98.7 Å². The Balaban J connectivity index is 2.14. The molecule has 0 N–H and O–H groups in total. The van der Waals surface area contributed by atoms with Crippen LogP contribution in [-0.4, -0.2) is 4.98 Å². The molecule has 1 heterocycles. The molecule has 0 saturated carbocycles. The van der Waals surface area contributed by atoms with Crippen molar-refractivity contribution >= 4 is 22.9 Å². The Kier molecular flexibility index (Phi) is 3.39. The third-order valence-electron chi connectivity index (χ3n) is 2.21. The number of halogens is 1. The molecule has 3 heteroatoms. The van der Waals surface area contributed by atoms with E-state index in [1.807, 2.05) is 18.2 Å². The Morgan fingerprint density at radius 2 is 2.27 bits per heavy atom. The van der Waals surface area contributed by atoms with Gasteiger partial charge in [0.2, 0.25) is 0 Å². The van der Waals surface area contributed by atoms with Crippen LogP contribution in [0, 0.1) is 0 Å². The maximum absolute atomic E-state index is 5.93. The van der Waals surface area contributed by atoms with E-state index in [1.165, 1.54) is 11.3 Å². The van der Waals surface area contributed by atoms with Crippen LogP contribution in [0.15, 0.2) is 29.6 Å². The maximum Gasteiger partial charge on any atom is 0.0972 e. The SMILES string of the molecule is CCc1csc(Cc2cccc(Cl)c2)n1. The molecule has 0 radical (unpaired) electrons. The first-order chi connectivity index (χ1) is 7.28. The quantitative estimate of drug-likeness (QED) is 0.788. The van der Waals surface area contributed by atoms with E-state index in [2.05, 4.69) is 23.4 Å². The predicted octanol–water partition coefficient (Wildman–Crippen LogP) is 3.95. The number of hydrogen-bond acceptors (Lipinski definition) is 2. The van der Waals surface area contributed by atoms with Crippen molar-refractivity contribution in [2.24, 2.45) is 0 Å². The molecule has 78 valence electrons. The van der Waals surface area contributed by atoms with Gasteiger partial charge in [-0.2, -0.15) is 0 Å². The van der Waals surface area contributed by atoms with Gasteiger partial charge in [-0.25, -0.2) is 4.98 Å². The van der Waals surface area contributed by atoms with Gasteiger partial charge in [-0.05, 0) is 24.1 Å². The van der Waals surface area contributed by atoms with Crippen molar-refractivity contribution < 1.29 is 0 Å². The van der Waals surface area contributed by atoms with Crippen molar-refractivity contribution in [1.29, 1.82) is 0 Å². The van der Waals surface area contributed by atoms with E-state index in [0.717, 1.165) is 22.9 Å². The second-order valence-corrected chi connectivity index (χ2v) is 4.77. The summed E-state index contributed by atoms with van der Waals surface area (Å²) >= 11 is 7.65. The van der Waals surface area contributed by atoms with Crippen LogP contribution in [0.3, 0.4) is 0 Å². The Bertz CT molecular complexity index is 450. The molecule has 0 aliphatic heterocycles. The van der Waals surface area contributed by atoms with Crippen molar-refractivity contribution in [2.45, 2.75) is 19.8 Å². The lowest BCUT2D eigenvalue weighted by molar-refractivity contribution is 1.02. The fourth-order valence-electron chi connectivity index (χ4n) is 1.41. The molecule has 0 bridgehead atoms. The van der Waals surface area contributed by atoms with Crippen LogP contribution in [0.25, 0.3) is 0 Å². The van der Waals surface area contributed by atoms with Crippen molar-refractivity contribution in [3.8, 4) is 0 Å². The van der Waals surface area contributed by atoms with Crippen LogP contribution in [-0.2, 0) is 12.8 Å². The molecule has 2 rings (SSSR count). The average Bonchev–Trinajstić information content (AvgIpc) is 2.65. The summed E-state index contributed by atoms with van der Waals surface area (Å²) in [6, 6.07) is 7.95. The lowest BCUT2D eigenvalue weighted by Gasteiger charge is -1.98. The number of aryl methyl sites for hydroxylation is 1. The van der Waals surface area contributed by atoms with Gasteiger partial charge in [0.25, 0.3) is 0 Å². The number of hydrogen-bond donors (Lipinski definition) is 0. The third kappa shape index (κ3) is 2.80.